The Kier molecular flexibility index (Phi) is 3.77. The molecule has 4 rings (SSSR count). The van der Waals surface area contributed by atoms with Crippen LogP contribution in [0.4, 0.5) is 5.69 Å². The summed E-state index contributed by atoms with van der Waals surface area (Å²) in [5.74, 6) is 1.61. The summed E-state index contributed by atoms with van der Waals surface area (Å²) in [6.45, 7) is 3.01. The maximum absolute atomic E-state index is 12.9. The summed E-state index contributed by atoms with van der Waals surface area (Å²) in [7, 11) is 1.91. The lowest BCUT2D eigenvalue weighted by Crippen LogP contribution is -2.48. The second-order valence-corrected chi connectivity index (χ2v) is 6.06. The Labute approximate surface area is 144 Å². The lowest BCUT2D eigenvalue weighted by Gasteiger charge is -2.32. The van der Waals surface area contributed by atoms with E-state index in [-0.39, 0.29) is 11.9 Å². The number of likely N-dealkylation sites (N-methyl/N-ethyl adjacent to an activating group) is 1. The van der Waals surface area contributed by atoms with E-state index in [2.05, 4.69) is 25.5 Å². The van der Waals surface area contributed by atoms with Gasteiger partial charge in [0.1, 0.15) is 17.7 Å². The third kappa shape index (κ3) is 2.78. The first kappa shape index (κ1) is 15.5. The number of imidazole rings is 1. The molecule has 4 heterocycles. The molecule has 0 aromatic carbocycles. The Bertz CT molecular complexity index is 901. The molecule has 1 amide bonds. The summed E-state index contributed by atoms with van der Waals surface area (Å²) < 4.78 is 3.83. The molecule has 0 saturated carbocycles. The second-order valence-electron chi connectivity index (χ2n) is 6.06. The Balaban J connectivity index is 1.58. The minimum Gasteiger partial charge on any atom is -0.322 e. The molecule has 1 N–H and O–H groups in total. The summed E-state index contributed by atoms with van der Waals surface area (Å²) in [5.41, 5.74) is 1.46. The number of nitrogens with zero attached hydrogens (tertiary/aromatic N) is 7. The smallest absolute Gasteiger partial charge is 0.243 e. The average molecular weight is 338 g/mol. The van der Waals surface area contributed by atoms with E-state index in [1.54, 1.807) is 24.9 Å². The Hall–Kier alpha value is -3.07. The number of pyridine rings is 1. The molecule has 3 aromatic rings. The molecule has 1 aliphatic heterocycles. The molecule has 9 nitrogen and oxygen atoms in total. The van der Waals surface area contributed by atoms with E-state index in [0.29, 0.717) is 18.8 Å². The number of aromatic nitrogens is 6. The van der Waals surface area contributed by atoms with Gasteiger partial charge in [-0.1, -0.05) is 0 Å². The van der Waals surface area contributed by atoms with Crippen LogP contribution in [0.3, 0.4) is 0 Å². The molecule has 0 spiro atoms. The predicted octanol–water partition coefficient (Wildman–Crippen LogP) is 0.620. The Morgan fingerprint density at radius 2 is 2.16 bits per heavy atom. The number of fused-ring (bicyclic) bond motifs is 1. The van der Waals surface area contributed by atoms with Crippen molar-refractivity contribution >= 4 is 11.6 Å². The molecule has 0 bridgehead atoms. The van der Waals surface area contributed by atoms with Crippen LogP contribution in [0.1, 0.15) is 11.6 Å². The SMILES string of the molecule is Cc1nnc2n1CC(C(=O)Nc1cnccc1-n1ccnc1)N(C)C2. The van der Waals surface area contributed by atoms with E-state index in [0.717, 1.165) is 17.3 Å². The van der Waals surface area contributed by atoms with Crippen molar-refractivity contribution < 1.29 is 4.79 Å². The highest BCUT2D eigenvalue weighted by Gasteiger charge is 2.31. The first-order valence-corrected chi connectivity index (χ1v) is 7.95. The number of amides is 1. The third-order valence-corrected chi connectivity index (χ3v) is 4.43. The van der Waals surface area contributed by atoms with Gasteiger partial charge in [0.05, 0.1) is 37.0 Å². The Morgan fingerprint density at radius 1 is 1.28 bits per heavy atom. The number of hydrogen-bond donors (Lipinski definition) is 1. The van der Waals surface area contributed by atoms with Gasteiger partial charge in [-0.3, -0.25) is 14.7 Å². The van der Waals surface area contributed by atoms with Crippen molar-refractivity contribution in [2.45, 2.75) is 26.1 Å². The molecule has 0 fully saturated rings. The van der Waals surface area contributed by atoms with Crippen LogP contribution in [0.2, 0.25) is 0 Å². The average Bonchev–Trinajstić information content (AvgIpc) is 3.25. The molecule has 0 radical (unpaired) electrons. The van der Waals surface area contributed by atoms with Crippen LogP contribution in [0.25, 0.3) is 5.69 Å². The summed E-state index contributed by atoms with van der Waals surface area (Å²) in [5, 5.41) is 11.2. The monoisotopic (exact) mass is 338 g/mol. The quantitative estimate of drug-likeness (QED) is 0.752. The minimum atomic E-state index is -0.307. The van der Waals surface area contributed by atoms with E-state index in [1.165, 1.54) is 0 Å². The number of carbonyl (C=O) groups is 1. The van der Waals surface area contributed by atoms with Crippen molar-refractivity contribution in [3.05, 3.63) is 48.8 Å². The van der Waals surface area contributed by atoms with E-state index < -0.39 is 0 Å². The fourth-order valence-electron chi connectivity index (χ4n) is 3.03. The van der Waals surface area contributed by atoms with Gasteiger partial charge in [0, 0.05) is 18.6 Å². The van der Waals surface area contributed by atoms with Crippen LogP contribution in [0.15, 0.2) is 37.2 Å². The van der Waals surface area contributed by atoms with E-state index >= 15 is 0 Å². The highest BCUT2D eigenvalue weighted by molar-refractivity contribution is 5.96. The van der Waals surface area contributed by atoms with Crippen molar-refractivity contribution in [3.63, 3.8) is 0 Å². The summed E-state index contributed by atoms with van der Waals surface area (Å²) >= 11 is 0. The van der Waals surface area contributed by atoms with Crippen LogP contribution in [-0.4, -0.2) is 53.2 Å². The van der Waals surface area contributed by atoms with Crippen LogP contribution < -0.4 is 5.32 Å². The van der Waals surface area contributed by atoms with Crippen molar-refractivity contribution in [2.75, 3.05) is 12.4 Å². The maximum Gasteiger partial charge on any atom is 0.243 e. The molecule has 25 heavy (non-hydrogen) atoms. The van der Waals surface area contributed by atoms with Crippen LogP contribution in [-0.2, 0) is 17.9 Å². The number of anilines is 1. The van der Waals surface area contributed by atoms with Gasteiger partial charge < -0.3 is 14.5 Å². The van der Waals surface area contributed by atoms with Gasteiger partial charge in [-0.15, -0.1) is 10.2 Å². The number of aryl methyl sites for hydroxylation is 1. The fourth-order valence-corrected chi connectivity index (χ4v) is 3.03. The van der Waals surface area contributed by atoms with Gasteiger partial charge in [0.25, 0.3) is 0 Å². The van der Waals surface area contributed by atoms with Gasteiger partial charge >= 0.3 is 0 Å². The zero-order chi connectivity index (χ0) is 17.4. The van der Waals surface area contributed by atoms with E-state index in [9.17, 15) is 4.79 Å². The highest BCUT2D eigenvalue weighted by Crippen LogP contribution is 2.21. The van der Waals surface area contributed by atoms with Crippen molar-refractivity contribution in [1.82, 2.24) is 34.2 Å². The third-order valence-electron chi connectivity index (χ3n) is 4.43. The molecule has 1 unspecified atom stereocenters. The molecule has 1 atom stereocenters. The number of rotatable bonds is 3. The number of nitrogens with one attached hydrogen (secondary N) is 1. The largest absolute Gasteiger partial charge is 0.322 e. The first-order valence-electron chi connectivity index (χ1n) is 7.95. The molecule has 3 aromatic heterocycles. The molecule has 0 aliphatic carbocycles. The van der Waals surface area contributed by atoms with E-state index in [1.807, 2.05) is 40.3 Å². The molecule has 1 aliphatic rings. The van der Waals surface area contributed by atoms with Gasteiger partial charge in [-0.05, 0) is 20.0 Å². The predicted molar refractivity (Wildman–Crippen MR) is 90.0 cm³/mol. The van der Waals surface area contributed by atoms with Crippen LogP contribution in [0.5, 0.6) is 0 Å². The number of carbonyl (C=O) groups excluding carboxylic acids is 1. The van der Waals surface area contributed by atoms with Crippen LogP contribution in [0, 0.1) is 6.92 Å². The zero-order valence-corrected chi connectivity index (χ0v) is 14.0. The first-order chi connectivity index (χ1) is 12.1. The second kappa shape index (κ2) is 6.10. The van der Waals surface area contributed by atoms with Gasteiger partial charge in [0.15, 0.2) is 0 Å². The molecule has 128 valence electrons. The number of hydrogen-bond acceptors (Lipinski definition) is 6. The molecular weight excluding hydrogens is 320 g/mol. The van der Waals surface area contributed by atoms with Gasteiger partial charge in [0.2, 0.25) is 5.91 Å². The molecule has 9 heteroatoms. The lowest BCUT2D eigenvalue weighted by molar-refractivity contribution is -0.122. The molecule has 0 saturated heterocycles. The summed E-state index contributed by atoms with van der Waals surface area (Å²) in [4.78, 5) is 23.0. The zero-order valence-electron chi connectivity index (χ0n) is 14.0. The van der Waals surface area contributed by atoms with Crippen molar-refractivity contribution in [2.24, 2.45) is 0 Å². The van der Waals surface area contributed by atoms with Crippen molar-refractivity contribution in [1.29, 1.82) is 0 Å². The van der Waals surface area contributed by atoms with Crippen molar-refractivity contribution in [3.8, 4) is 5.69 Å². The van der Waals surface area contributed by atoms with Gasteiger partial charge in [-0.25, -0.2) is 4.98 Å². The standard InChI is InChI=1S/C16H18N8O/c1-11-20-21-15-9-22(2)14(8-24(11)15)16(25)19-12-7-17-4-3-13(12)23-6-5-18-10-23/h3-7,10,14H,8-9H2,1-2H3,(H,19,25). The van der Waals surface area contributed by atoms with Crippen LogP contribution >= 0.6 is 0 Å². The minimum absolute atomic E-state index is 0.0874. The van der Waals surface area contributed by atoms with Gasteiger partial charge in [-0.2, -0.15) is 0 Å². The van der Waals surface area contributed by atoms with E-state index in [4.69, 9.17) is 0 Å². The highest BCUT2D eigenvalue weighted by atomic mass is 16.2. The lowest BCUT2D eigenvalue weighted by atomic mass is 10.1. The summed E-state index contributed by atoms with van der Waals surface area (Å²) in [6.07, 6.45) is 8.53. The normalized spacial score (nSPS) is 17.3. The fraction of sp³-hybridized carbons (Fsp3) is 0.312. The Morgan fingerprint density at radius 3 is 2.96 bits per heavy atom. The summed E-state index contributed by atoms with van der Waals surface area (Å²) in [6, 6.07) is 1.53. The molecular formula is C16H18N8O. The topological polar surface area (TPSA) is 93.8 Å². The maximum atomic E-state index is 12.9.